The van der Waals surface area contributed by atoms with Gasteiger partial charge in [-0.15, -0.1) is 0 Å². The van der Waals surface area contributed by atoms with Crippen molar-refractivity contribution in [3.05, 3.63) is 35.7 Å². The van der Waals surface area contributed by atoms with E-state index in [1.807, 2.05) is 24.3 Å². The zero-order valence-electron chi connectivity index (χ0n) is 15.9. The average molecular weight is 356 g/mol. The number of rotatable bonds is 6. The Hall–Kier alpha value is -2.21. The molecule has 0 bridgehead atoms. The van der Waals surface area contributed by atoms with Crippen LogP contribution >= 0.6 is 0 Å². The number of benzene rings is 1. The second-order valence-corrected chi connectivity index (χ2v) is 7.57. The second-order valence-electron chi connectivity index (χ2n) is 7.57. The summed E-state index contributed by atoms with van der Waals surface area (Å²) in [6, 6.07) is 8.09. The van der Waals surface area contributed by atoms with Gasteiger partial charge in [0.2, 0.25) is 17.6 Å². The molecule has 1 aliphatic heterocycles. The maximum Gasteiger partial charge on any atom is 0.241 e. The summed E-state index contributed by atoms with van der Waals surface area (Å²) in [7, 11) is 0. The summed E-state index contributed by atoms with van der Waals surface area (Å²) >= 11 is 0. The first kappa shape index (κ1) is 18.6. The van der Waals surface area contributed by atoms with Crippen LogP contribution in [0.2, 0.25) is 0 Å². The van der Waals surface area contributed by atoms with E-state index in [1.165, 1.54) is 5.56 Å². The molecule has 3 rings (SSSR count). The van der Waals surface area contributed by atoms with E-state index in [0.29, 0.717) is 24.2 Å². The molecular formula is C20H28N4O2. The van der Waals surface area contributed by atoms with Gasteiger partial charge >= 0.3 is 0 Å². The molecule has 1 aromatic carbocycles. The third-order valence-electron chi connectivity index (χ3n) is 4.78. The van der Waals surface area contributed by atoms with Gasteiger partial charge < -0.3 is 9.84 Å². The molecule has 1 aliphatic rings. The Bertz CT molecular complexity index is 716. The SMILES string of the molecule is Cc1ccc(-c2noc(CN3CCC(C(=O)NCC(C)C)CC3)n2)cc1. The average Bonchev–Trinajstić information content (AvgIpc) is 3.09. The fraction of sp³-hybridized carbons (Fsp3) is 0.550. The molecule has 0 radical (unpaired) electrons. The molecule has 0 aliphatic carbocycles. The van der Waals surface area contributed by atoms with Gasteiger partial charge in [0, 0.05) is 18.0 Å². The van der Waals surface area contributed by atoms with E-state index in [4.69, 9.17) is 4.52 Å². The molecule has 1 amide bonds. The first-order valence-corrected chi connectivity index (χ1v) is 9.41. The number of aromatic nitrogens is 2. The predicted molar refractivity (Wildman–Crippen MR) is 100 cm³/mol. The lowest BCUT2D eigenvalue weighted by Crippen LogP contribution is -2.41. The Morgan fingerprint density at radius 3 is 2.62 bits per heavy atom. The van der Waals surface area contributed by atoms with E-state index in [9.17, 15) is 4.79 Å². The highest BCUT2D eigenvalue weighted by Gasteiger charge is 2.25. The minimum atomic E-state index is 0.121. The third-order valence-corrected chi connectivity index (χ3v) is 4.78. The number of carbonyl (C=O) groups is 1. The molecule has 0 atom stereocenters. The van der Waals surface area contributed by atoms with Crippen molar-refractivity contribution >= 4 is 5.91 Å². The summed E-state index contributed by atoms with van der Waals surface area (Å²) in [6.45, 7) is 9.42. The highest BCUT2D eigenvalue weighted by atomic mass is 16.5. The molecule has 1 N–H and O–H groups in total. The van der Waals surface area contributed by atoms with Crippen LogP contribution in [0.3, 0.4) is 0 Å². The molecule has 26 heavy (non-hydrogen) atoms. The number of hydrogen-bond donors (Lipinski definition) is 1. The number of carbonyl (C=O) groups excluding carboxylic acids is 1. The Morgan fingerprint density at radius 2 is 1.96 bits per heavy atom. The first-order chi connectivity index (χ1) is 12.5. The van der Waals surface area contributed by atoms with Gasteiger partial charge in [0.1, 0.15) is 0 Å². The molecule has 2 aromatic rings. The lowest BCUT2D eigenvalue weighted by Gasteiger charge is -2.30. The number of likely N-dealkylation sites (tertiary alicyclic amines) is 1. The van der Waals surface area contributed by atoms with Crippen molar-refractivity contribution in [3.63, 3.8) is 0 Å². The van der Waals surface area contributed by atoms with Crippen molar-refractivity contribution in [1.82, 2.24) is 20.4 Å². The van der Waals surface area contributed by atoms with E-state index in [0.717, 1.165) is 38.0 Å². The fourth-order valence-electron chi connectivity index (χ4n) is 3.13. The summed E-state index contributed by atoms with van der Waals surface area (Å²) in [5.41, 5.74) is 2.17. The zero-order valence-corrected chi connectivity index (χ0v) is 15.9. The molecule has 0 spiro atoms. The fourth-order valence-corrected chi connectivity index (χ4v) is 3.13. The molecule has 140 valence electrons. The summed E-state index contributed by atoms with van der Waals surface area (Å²) in [5.74, 6) is 2.05. The lowest BCUT2D eigenvalue weighted by atomic mass is 9.95. The monoisotopic (exact) mass is 356 g/mol. The Labute approximate surface area is 155 Å². The Morgan fingerprint density at radius 1 is 1.27 bits per heavy atom. The largest absolute Gasteiger partial charge is 0.356 e. The Kier molecular flexibility index (Phi) is 6.04. The summed E-state index contributed by atoms with van der Waals surface area (Å²) in [4.78, 5) is 19.0. The second kappa shape index (κ2) is 8.45. The van der Waals surface area contributed by atoms with Crippen molar-refractivity contribution < 1.29 is 9.32 Å². The number of aryl methyl sites for hydroxylation is 1. The van der Waals surface area contributed by atoms with Gasteiger partial charge in [0.05, 0.1) is 6.54 Å². The van der Waals surface area contributed by atoms with Crippen molar-refractivity contribution in [1.29, 1.82) is 0 Å². The van der Waals surface area contributed by atoms with Gasteiger partial charge in [-0.2, -0.15) is 4.98 Å². The van der Waals surface area contributed by atoms with Crippen LogP contribution in [0.25, 0.3) is 11.4 Å². The lowest BCUT2D eigenvalue weighted by molar-refractivity contribution is -0.126. The van der Waals surface area contributed by atoms with Crippen LogP contribution in [0.15, 0.2) is 28.8 Å². The highest BCUT2D eigenvalue weighted by Crippen LogP contribution is 2.21. The van der Waals surface area contributed by atoms with Crippen LogP contribution in [-0.4, -0.2) is 40.6 Å². The predicted octanol–water partition coefficient (Wildman–Crippen LogP) is 3.03. The van der Waals surface area contributed by atoms with Crippen LogP contribution < -0.4 is 5.32 Å². The molecule has 6 heteroatoms. The number of amides is 1. The maximum atomic E-state index is 12.2. The number of nitrogens with one attached hydrogen (secondary N) is 1. The van der Waals surface area contributed by atoms with E-state index in [-0.39, 0.29) is 11.8 Å². The maximum absolute atomic E-state index is 12.2. The van der Waals surface area contributed by atoms with Crippen LogP contribution in [-0.2, 0) is 11.3 Å². The molecule has 1 saturated heterocycles. The number of piperidine rings is 1. The molecular weight excluding hydrogens is 328 g/mol. The third kappa shape index (κ3) is 4.91. The standard InChI is InChI=1S/C20H28N4O2/c1-14(2)12-21-20(25)17-8-10-24(11-9-17)13-18-22-19(23-26-18)16-6-4-15(3)5-7-16/h4-7,14,17H,8-13H2,1-3H3,(H,21,25). The summed E-state index contributed by atoms with van der Waals surface area (Å²) < 4.78 is 5.41. The Balaban J connectivity index is 1.49. The summed E-state index contributed by atoms with van der Waals surface area (Å²) in [5, 5.41) is 7.13. The molecule has 0 unspecified atom stereocenters. The van der Waals surface area contributed by atoms with Crippen LogP contribution in [0.5, 0.6) is 0 Å². The minimum absolute atomic E-state index is 0.121. The quantitative estimate of drug-likeness (QED) is 0.861. The van der Waals surface area contributed by atoms with E-state index in [1.54, 1.807) is 0 Å². The summed E-state index contributed by atoms with van der Waals surface area (Å²) in [6.07, 6.45) is 1.76. The number of hydrogen-bond acceptors (Lipinski definition) is 5. The molecule has 1 aromatic heterocycles. The van der Waals surface area contributed by atoms with Gasteiger partial charge in [-0.05, 0) is 38.8 Å². The molecule has 6 nitrogen and oxygen atoms in total. The topological polar surface area (TPSA) is 71.3 Å². The first-order valence-electron chi connectivity index (χ1n) is 9.41. The molecule has 2 heterocycles. The van der Waals surface area contributed by atoms with Gasteiger partial charge in [-0.25, -0.2) is 0 Å². The van der Waals surface area contributed by atoms with E-state index >= 15 is 0 Å². The van der Waals surface area contributed by atoms with Crippen molar-refractivity contribution in [2.45, 2.75) is 40.2 Å². The molecule has 0 saturated carbocycles. The van der Waals surface area contributed by atoms with Crippen molar-refractivity contribution in [2.24, 2.45) is 11.8 Å². The van der Waals surface area contributed by atoms with Gasteiger partial charge in [-0.1, -0.05) is 48.8 Å². The van der Waals surface area contributed by atoms with Crippen molar-refractivity contribution in [2.75, 3.05) is 19.6 Å². The van der Waals surface area contributed by atoms with Crippen LogP contribution in [0, 0.1) is 18.8 Å². The van der Waals surface area contributed by atoms with Crippen LogP contribution in [0.4, 0.5) is 0 Å². The highest BCUT2D eigenvalue weighted by molar-refractivity contribution is 5.78. The van der Waals surface area contributed by atoms with E-state index < -0.39 is 0 Å². The van der Waals surface area contributed by atoms with Gasteiger partial charge in [0.15, 0.2) is 0 Å². The van der Waals surface area contributed by atoms with Gasteiger partial charge in [0.25, 0.3) is 0 Å². The molecule has 1 fully saturated rings. The normalized spacial score (nSPS) is 16.2. The number of nitrogens with zero attached hydrogens (tertiary/aromatic N) is 3. The van der Waals surface area contributed by atoms with Crippen molar-refractivity contribution in [3.8, 4) is 11.4 Å². The minimum Gasteiger partial charge on any atom is -0.356 e. The van der Waals surface area contributed by atoms with E-state index in [2.05, 4.69) is 41.1 Å². The van der Waals surface area contributed by atoms with Crippen LogP contribution in [0.1, 0.15) is 38.1 Å². The zero-order chi connectivity index (χ0) is 18.5. The van der Waals surface area contributed by atoms with Gasteiger partial charge in [-0.3, -0.25) is 9.69 Å². The smallest absolute Gasteiger partial charge is 0.241 e.